The van der Waals surface area contributed by atoms with Gasteiger partial charge in [0.2, 0.25) is 0 Å². The van der Waals surface area contributed by atoms with Gasteiger partial charge in [-0.2, -0.15) is 0 Å². The number of aromatic nitrogens is 1. The average molecular weight is 572 g/mol. The van der Waals surface area contributed by atoms with Gasteiger partial charge >= 0.3 is 0 Å². The quantitative estimate of drug-likeness (QED) is 0.197. The zero-order valence-corrected chi connectivity index (χ0v) is 24.3. The minimum absolute atomic E-state index is 0.919. The lowest BCUT2D eigenvalue weighted by Crippen LogP contribution is -1.90. The van der Waals surface area contributed by atoms with Gasteiger partial charge in [-0.05, 0) is 90.5 Å². The van der Waals surface area contributed by atoms with Gasteiger partial charge in [-0.3, -0.25) is 4.98 Å². The van der Waals surface area contributed by atoms with Crippen LogP contribution in [-0.2, 0) is 0 Å². The van der Waals surface area contributed by atoms with Crippen LogP contribution in [0.3, 0.4) is 0 Å². The molecular weight excluding hydrogens is 546 g/mol. The molecule has 10 aromatic rings. The summed E-state index contributed by atoms with van der Waals surface area (Å²) in [5, 5.41) is 11.1. The maximum absolute atomic E-state index is 6.40. The number of hydrogen-bond acceptors (Lipinski definition) is 2. The molecule has 0 radical (unpaired) electrons. The lowest BCUT2D eigenvalue weighted by Gasteiger charge is -2.17. The number of fused-ring (bicyclic) bond motifs is 4. The van der Waals surface area contributed by atoms with E-state index in [-0.39, 0.29) is 0 Å². The second-order valence-electron chi connectivity index (χ2n) is 11.9. The summed E-state index contributed by atoms with van der Waals surface area (Å²) in [5.74, 6) is 0. The highest BCUT2D eigenvalue weighted by Gasteiger charge is 2.17. The topological polar surface area (TPSA) is 26.0 Å². The van der Waals surface area contributed by atoms with Crippen LogP contribution in [0.4, 0.5) is 0 Å². The van der Waals surface area contributed by atoms with E-state index >= 15 is 0 Å². The fourth-order valence-electron chi connectivity index (χ4n) is 7.38. The molecule has 0 N–H and O–H groups in total. The molecule has 0 atom stereocenters. The van der Waals surface area contributed by atoms with Crippen LogP contribution in [0, 0.1) is 0 Å². The fourth-order valence-corrected chi connectivity index (χ4v) is 7.38. The van der Waals surface area contributed by atoms with Gasteiger partial charge in [0.05, 0.1) is 5.52 Å². The Kier molecular flexibility index (Phi) is 5.03. The lowest BCUT2D eigenvalue weighted by atomic mass is 9.86. The second-order valence-corrected chi connectivity index (χ2v) is 11.9. The summed E-state index contributed by atoms with van der Waals surface area (Å²) in [5.41, 5.74) is 10.0. The molecule has 8 aromatic carbocycles. The zero-order valence-electron chi connectivity index (χ0n) is 24.3. The SMILES string of the molecule is c1cc(-c2ccc3ccc4c(-c5ccc6ncccc6c5)ccc5ccc2c3c54)cc(-c2cccc3c2oc2ccccc23)c1. The molecule has 0 fully saturated rings. The molecule has 45 heavy (non-hydrogen) atoms. The van der Waals surface area contributed by atoms with E-state index in [1.165, 1.54) is 54.6 Å². The number of benzene rings is 8. The first-order valence-electron chi connectivity index (χ1n) is 15.4. The first-order valence-corrected chi connectivity index (χ1v) is 15.4. The highest BCUT2D eigenvalue weighted by Crippen LogP contribution is 2.43. The predicted octanol–water partition coefficient (Wildman–Crippen LogP) is 12.0. The Hall–Kier alpha value is -5.99. The predicted molar refractivity (Wildman–Crippen MR) is 189 cm³/mol. The molecule has 0 aliphatic rings. The fraction of sp³-hybridized carbons (Fsp3) is 0. The number of nitrogens with zero attached hydrogens (tertiary/aromatic N) is 1. The Balaban J connectivity index is 1.17. The van der Waals surface area contributed by atoms with Crippen LogP contribution in [0.2, 0.25) is 0 Å². The Labute approximate surface area is 259 Å². The summed E-state index contributed by atoms with van der Waals surface area (Å²) in [6.07, 6.45) is 1.85. The third-order valence-corrected chi connectivity index (χ3v) is 9.47. The van der Waals surface area contributed by atoms with E-state index in [2.05, 4.69) is 132 Å². The van der Waals surface area contributed by atoms with E-state index in [0.29, 0.717) is 0 Å². The molecule has 2 nitrogen and oxygen atoms in total. The molecule has 0 saturated heterocycles. The highest BCUT2D eigenvalue weighted by atomic mass is 16.3. The summed E-state index contributed by atoms with van der Waals surface area (Å²) >= 11 is 0. The average Bonchev–Trinajstić information content (AvgIpc) is 3.49. The molecular formula is C43H25NO. The van der Waals surface area contributed by atoms with Crippen molar-refractivity contribution < 1.29 is 4.42 Å². The summed E-state index contributed by atoms with van der Waals surface area (Å²) in [6.45, 7) is 0. The third kappa shape index (κ3) is 3.60. The minimum Gasteiger partial charge on any atom is -0.455 e. The first kappa shape index (κ1) is 24.5. The monoisotopic (exact) mass is 571 g/mol. The van der Waals surface area contributed by atoms with Gasteiger partial charge in [0.15, 0.2) is 0 Å². The Morgan fingerprint density at radius 2 is 1.07 bits per heavy atom. The van der Waals surface area contributed by atoms with Crippen molar-refractivity contribution in [3.8, 4) is 33.4 Å². The third-order valence-electron chi connectivity index (χ3n) is 9.47. The number of pyridine rings is 1. The normalized spacial score (nSPS) is 12.0. The van der Waals surface area contributed by atoms with Crippen LogP contribution < -0.4 is 0 Å². The summed E-state index contributed by atoms with van der Waals surface area (Å²) in [7, 11) is 0. The summed E-state index contributed by atoms with van der Waals surface area (Å²) in [6, 6.07) is 52.6. The molecule has 0 spiro atoms. The van der Waals surface area contributed by atoms with Crippen molar-refractivity contribution in [3.63, 3.8) is 0 Å². The van der Waals surface area contributed by atoms with Gasteiger partial charge in [-0.1, -0.05) is 115 Å². The van der Waals surface area contributed by atoms with Crippen molar-refractivity contribution in [3.05, 3.63) is 152 Å². The van der Waals surface area contributed by atoms with Crippen molar-refractivity contribution in [2.24, 2.45) is 0 Å². The second kappa shape index (κ2) is 9.25. The van der Waals surface area contributed by atoms with Crippen LogP contribution in [0.15, 0.2) is 156 Å². The lowest BCUT2D eigenvalue weighted by molar-refractivity contribution is 0.670. The molecule has 0 saturated carbocycles. The van der Waals surface area contributed by atoms with Crippen molar-refractivity contribution >= 4 is 65.2 Å². The van der Waals surface area contributed by atoms with Gasteiger partial charge < -0.3 is 4.42 Å². The molecule has 0 amide bonds. The van der Waals surface area contributed by atoms with E-state index in [9.17, 15) is 0 Å². The smallest absolute Gasteiger partial charge is 0.143 e. The standard InChI is InChI=1S/C43H25NO/c1-2-12-40-35(9-1)38-11-4-10-34(43(38)45-40)29-7-3-6-28(24-29)32-18-13-26-16-21-37-33(19-14-27-15-20-36(32)41(26)42(27)37)30-17-22-39-31(25-30)8-5-23-44-39/h1-25H. The van der Waals surface area contributed by atoms with Crippen molar-refractivity contribution in [2.75, 3.05) is 0 Å². The van der Waals surface area contributed by atoms with Gasteiger partial charge in [-0.25, -0.2) is 0 Å². The van der Waals surface area contributed by atoms with E-state index in [1.807, 2.05) is 24.4 Å². The molecule has 0 aliphatic carbocycles. The molecule has 2 heterocycles. The minimum atomic E-state index is 0.919. The van der Waals surface area contributed by atoms with Crippen LogP contribution in [0.5, 0.6) is 0 Å². The molecule has 0 unspecified atom stereocenters. The zero-order chi connectivity index (χ0) is 29.5. The number of rotatable bonds is 3. The molecule has 0 aliphatic heterocycles. The van der Waals surface area contributed by atoms with Crippen LogP contribution >= 0.6 is 0 Å². The van der Waals surface area contributed by atoms with Crippen molar-refractivity contribution in [1.29, 1.82) is 0 Å². The number of hydrogen-bond donors (Lipinski definition) is 0. The summed E-state index contributed by atoms with van der Waals surface area (Å²) in [4.78, 5) is 4.53. The van der Waals surface area contributed by atoms with Gasteiger partial charge in [0, 0.05) is 27.9 Å². The summed E-state index contributed by atoms with van der Waals surface area (Å²) < 4.78 is 6.40. The van der Waals surface area contributed by atoms with Gasteiger partial charge in [0.25, 0.3) is 0 Å². The first-order chi connectivity index (χ1) is 22.3. The van der Waals surface area contributed by atoms with E-state index in [4.69, 9.17) is 4.42 Å². The Bertz CT molecular complexity index is 2770. The van der Waals surface area contributed by atoms with E-state index in [1.54, 1.807) is 0 Å². The largest absolute Gasteiger partial charge is 0.455 e. The molecule has 2 heteroatoms. The van der Waals surface area contributed by atoms with E-state index < -0.39 is 0 Å². The van der Waals surface area contributed by atoms with Crippen LogP contribution in [0.1, 0.15) is 0 Å². The Morgan fingerprint density at radius 1 is 0.400 bits per heavy atom. The van der Waals surface area contributed by atoms with Crippen LogP contribution in [0.25, 0.3) is 98.5 Å². The van der Waals surface area contributed by atoms with Crippen molar-refractivity contribution in [2.45, 2.75) is 0 Å². The Morgan fingerprint density at radius 3 is 1.87 bits per heavy atom. The number of para-hydroxylation sites is 2. The number of furan rings is 1. The van der Waals surface area contributed by atoms with E-state index in [0.717, 1.165) is 44.0 Å². The highest BCUT2D eigenvalue weighted by molar-refractivity contribution is 6.27. The molecule has 10 rings (SSSR count). The van der Waals surface area contributed by atoms with Gasteiger partial charge in [-0.15, -0.1) is 0 Å². The maximum atomic E-state index is 6.40. The molecule has 208 valence electrons. The molecule has 0 bridgehead atoms. The maximum Gasteiger partial charge on any atom is 0.143 e. The van der Waals surface area contributed by atoms with Crippen molar-refractivity contribution in [1.82, 2.24) is 4.98 Å². The van der Waals surface area contributed by atoms with Crippen LogP contribution in [-0.4, -0.2) is 4.98 Å². The van der Waals surface area contributed by atoms with Gasteiger partial charge in [0.1, 0.15) is 11.2 Å². The molecule has 2 aromatic heterocycles.